The molecule has 4 fully saturated rings. The highest BCUT2D eigenvalue weighted by Gasteiger charge is 2.53. The summed E-state index contributed by atoms with van der Waals surface area (Å²) < 4.78 is 5.46. The fraction of sp³-hybridized carbons (Fsp3) is 0.571. The molecule has 1 aromatic carbocycles. The van der Waals surface area contributed by atoms with Gasteiger partial charge in [-0.25, -0.2) is 4.79 Å². The van der Waals surface area contributed by atoms with E-state index in [0.717, 1.165) is 45.2 Å². The monoisotopic (exact) mass is 496 g/mol. The third-order valence-corrected chi connectivity index (χ3v) is 9.63. The smallest absolute Gasteiger partial charge is 0.341 e. The Kier molecular flexibility index (Phi) is 6.73. The SMILES string of the molecule is CCOC(=O)c1c(NC(=S)NC(CC)C23CC4CC(CC(C4)C2)C3)sc(C)c1-c1ccccc1. The molecule has 0 saturated heterocycles. The van der Waals surface area contributed by atoms with E-state index in [-0.39, 0.29) is 5.97 Å². The molecule has 34 heavy (non-hydrogen) atoms. The molecule has 4 aliphatic carbocycles. The Balaban J connectivity index is 1.38. The van der Waals surface area contributed by atoms with Gasteiger partial charge in [0.2, 0.25) is 0 Å². The van der Waals surface area contributed by atoms with Crippen LogP contribution < -0.4 is 10.6 Å². The van der Waals surface area contributed by atoms with Crippen LogP contribution in [-0.2, 0) is 4.74 Å². The Bertz CT molecular complexity index is 1030. The van der Waals surface area contributed by atoms with Crippen LogP contribution in [-0.4, -0.2) is 23.7 Å². The van der Waals surface area contributed by atoms with E-state index in [4.69, 9.17) is 17.0 Å². The molecular weight excluding hydrogens is 460 g/mol. The number of rotatable bonds is 7. The Hall–Kier alpha value is -1.92. The first-order valence-electron chi connectivity index (χ1n) is 12.9. The van der Waals surface area contributed by atoms with Gasteiger partial charge in [0.05, 0.1) is 6.61 Å². The van der Waals surface area contributed by atoms with E-state index in [0.29, 0.717) is 28.7 Å². The van der Waals surface area contributed by atoms with Gasteiger partial charge in [-0.1, -0.05) is 37.3 Å². The number of ether oxygens (including phenoxy) is 1. The maximum absolute atomic E-state index is 13.0. The maximum atomic E-state index is 13.0. The van der Waals surface area contributed by atoms with Crippen LogP contribution in [0.4, 0.5) is 5.00 Å². The highest BCUT2D eigenvalue weighted by atomic mass is 32.1. The summed E-state index contributed by atoms with van der Waals surface area (Å²) in [7, 11) is 0. The summed E-state index contributed by atoms with van der Waals surface area (Å²) in [6.45, 7) is 6.53. The summed E-state index contributed by atoms with van der Waals surface area (Å²) in [5, 5.41) is 8.52. The van der Waals surface area contributed by atoms with Crippen LogP contribution in [0.25, 0.3) is 11.1 Å². The number of aryl methyl sites for hydroxylation is 1. The second-order valence-corrected chi connectivity index (χ2v) is 12.3. The van der Waals surface area contributed by atoms with E-state index in [1.165, 1.54) is 38.5 Å². The quantitative estimate of drug-likeness (QED) is 0.314. The summed E-state index contributed by atoms with van der Waals surface area (Å²) in [4.78, 5) is 14.1. The lowest BCUT2D eigenvalue weighted by Crippen LogP contribution is -2.57. The van der Waals surface area contributed by atoms with E-state index in [1.807, 2.05) is 37.3 Å². The van der Waals surface area contributed by atoms with Crippen molar-refractivity contribution in [2.75, 3.05) is 11.9 Å². The lowest BCUT2D eigenvalue weighted by Gasteiger charge is -2.59. The van der Waals surface area contributed by atoms with Crippen LogP contribution >= 0.6 is 23.6 Å². The zero-order chi connectivity index (χ0) is 23.9. The van der Waals surface area contributed by atoms with Gasteiger partial charge in [0.25, 0.3) is 0 Å². The summed E-state index contributed by atoms with van der Waals surface area (Å²) >= 11 is 7.42. The highest BCUT2D eigenvalue weighted by Crippen LogP contribution is 2.61. The molecule has 0 aliphatic heterocycles. The second kappa shape index (κ2) is 9.62. The van der Waals surface area contributed by atoms with Gasteiger partial charge >= 0.3 is 5.97 Å². The van der Waals surface area contributed by atoms with Gasteiger partial charge in [0, 0.05) is 16.5 Å². The standard InChI is InChI=1S/C28H36N2O2S2/c1-4-22(28-14-18-11-19(15-28)13-20(12-18)16-28)29-27(33)30-25-24(26(31)32-5-2)23(17(3)34-25)21-9-7-6-8-10-21/h6-10,18-20,22H,4-5,11-16H2,1-3H3,(H2,29,30,33). The minimum Gasteiger partial charge on any atom is -0.462 e. The molecule has 4 saturated carbocycles. The largest absolute Gasteiger partial charge is 0.462 e. The molecule has 4 nitrogen and oxygen atoms in total. The molecule has 2 aromatic rings. The van der Waals surface area contributed by atoms with Crippen molar-refractivity contribution >= 4 is 39.6 Å². The van der Waals surface area contributed by atoms with Gasteiger partial charge in [0.1, 0.15) is 10.6 Å². The molecule has 0 radical (unpaired) electrons. The predicted molar refractivity (Wildman–Crippen MR) is 144 cm³/mol. The summed E-state index contributed by atoms with van der Waals surface area (Å²) in [5.41, 5.74) is 2.91. The molecule has 6 heteroatoms. The molecule has 4 bridgehead atoms. The van der Waals surface area contributed by atoms with Crippen molar-refractivity contribution in [1.29, 1.82) is 0 Å². The van der Waals surface area contributed by atoms with Crippen LogP contribution in [0, 0.1) is 30.1 Å². The van der Waals surface area contributed by atoms with Crippen LogP contribution in [0.2, 0.25) is 0 Å². The van der Waals surface area contributed by atoms with Crippen molar-refractivity contribution in [1.82, 2.24) is 5.32 Å². The molecule has 4 aliphatic rings. The third kappa shape index (κ3) is 4.39. The summed E-state index contributed by atoms with van der Waals surface area (Å²) in [6, 6.07) is 10.4. The molecule has 182 valence electrons. The zero-order valence-corrected chi connectivity index (χ0v) is 22.1. The first-order valence-corrected chi connectivity index (χ1v) is 14.1. The molecule has 6 rings (SSSR count). The Morgan fingerprint density at radius 1 is 1.12 bits per heavy atom. The van der Waals surface area contributed by atoms with Gasteiger partial charge in [-0.05, 0) is 99.7 Å². The maximum Gasteiger partial charge on any atom is 0.341 e. The van der Waals surface area contributed by atoms with Gasteiger partial charge in [-0.3, -0.25) is 0 Å². The van der Waals surface area contributed by atoms with Gasteiger partial charge < -0.3 is 15.4 Å². The first-order chi connectivity index (χ1) is 16.4. The summed E-state index contributed by atoms with van der Waals surface area (Å²) in [6.07, 6.45) is 9.43. The molecule has 1 aromatic heterocycles. The number of nitrogens with one attached hydrogen (secondary N) is 2. The molecule has 0 amide bonds. The molecular formula is C28H36N2O2S2. The van der Waals surface area contributed by atoms with Crippen molar-refractivity contribution in [3.05, 3.63) is 40.8 Å². The number of hydrogen-bond donors (Lipinski definition) is 2. The van der Waals surface area contributed by atoms with Crippen molar-refractivity contribution in [3.8, 4) is 11.1 Å². The third-order valence-electron chi connectivity index (χ3n) is 8.39. The normalized spacial score (nSPS) is 27.9. The van der Waals surface area contributed by atoms with Crippen molar-refractivity contribution in [3.63, 3.8) is 0 Å². The average Bonchev–Trinajstić information content (AvgIpc) is 3.12. The molecule has 1 unspecified atom stereocenters. The van der Waals surface area contributed by atoms with Crippen molar-refractivity contribution in [2.45, 2.75) is 71.8 Å². The number of carbonyl (C=O) groups excluding carboxylic acids is 1. The second-order valence-electron chi connectivity index (χ2n) is 10.7. The Morgan fingerprint density at radius 2 is 1.74 bits per heavy atom. The van der Waals surface area contributed by atoms with Gasteiger partial charge in [-0.2, -0.15) is 0 Å². The van der Waals surface area contributed by atoms with Crippen molar-refractivity contribution in [2.24, 2.45) is 23.2 Å². The zero-order valence-electron chi connectivity index (χ0n) is 20.5. The van der Waals surface area contributed by atoms with E-state index >= 15 is 0 Å². The Morgan fingerprint density at radius 3 is 2.29 bits per heavy atom. The Labute approximate surface area is 212 Å². The minimum atomic E-state index is -0.302. The van der Waals surface area contributed by atoms with Crippen molar-refractivity contribution < 1.29 is 9.53 Å². The molecule has 0 spiro atoms. The van der Waals surface area contributed by atoms with Gasteiger partial charge in [-0.15, -0.1) is 11.3 Å². The van der Waals surface area contributed by atoms with E-state index in [2.05, 4.69) is 24.5 Å². The minimum absolute atomic E-state index is 0.302. The number of anilines is 1. The van der Waals surface area contributed by atoms with Crippen LogP contribution in [0.5, 0.6) is 0 Å². The fourth-order valence-corrected chi connectivity index (χ4v) is 8.95. The first kappa shape index (κ1) is 23.8. The number of hydrogen-bond acceptors (Lipinski definition) is 4. The van der Waals surface area contributed by atoms with E-state index < -0.39 is 0 Å². The van der Waals surface area contributed by atoms with Gasteiger partial charge in [0.15, 0.2) is 5.11 Å². The fourth-order valence-electron chi connectivity index (χ4n) is 7.57. The average molecular weight is 497 g/mol. The molecule has 1 atom stereocenters. The number of thiophene rings is 1. The van der Waals surface area contributed by atoms with E-state index in [9.17, 15) is 4.79 Å². The summed E-state index contributed by atoms with van der Waals surface area (Å²) in [5.74, 6) is 2.43. The number of thiocarbonyl (C=S) groups is 1. The highest BCUT2D eigenvalue weighted by molar-refractivity contribution is 7.80. The van der Waals surface area contributed by atoms with Crippen LogP contribution in [0.1, 0.15) is 74.0 Å². The predicted octanol–water partition coefficient (Wildman–Crippen LogP) is 7.18. The lowest BCUT2D eigenvalue weighted by atomic mass is 9.47. The lowest BCUT2D eigenvalue weighted by molar-refractivity contribution is -0.0710. The number of benzene rings is 1. The topological polar surface area (TPSA) is 50.4 Å². The van der Waals surface area contributed by atoms with E-state index in [1.54, 1.807) is 11.3 Å². The molecule has 1 heterocycles. The van der Waals surface area contributed by atoms with Crippen LogP contribution in [0.3, 0.4) is 0 Å². The number of carbonyl (C=O) groups is 1. The van der Waals surface area contributed by atoms with Crippen LogP contribution in [0.15, 0.2) is 30.3 Å². The number of esters is 1. The molecule has 2 N–H and O–H groups in total.